The Morgan fingerprint density at radius 1 is 1.35 bits per heavy atom. The van der Waals surface area contributed by atoms with E-state index in [1.165, 1.54) is 4.68 Å². The lowest BCUT2D eigenvalue weighted by molar-refractivity contribution is 0.0685. The topological polar surface area (TPSA) is 70.9 Å². The van der Waals surface area contributed by atoms with Crippen LogP contribution in [0.5, 0.6) is 0 Å². The Hall–Kier alpha value is -2.56. The maximum absolute atomic E-state index is 11.2. The molecule has 1 aromatic carbocycles. The molecule has 102 valence electrons. The van der Waals surface area contributed by atoms with E-state index in [1.807, 2.05) is 32.0 Å². The van der Waals surface area contributed by atoms with Crippen molar-refractivity contribution in [3.63, 3.8) is 0 Å². The van der Waals surface area contributed by atoms with E-state index in [0.717, 1.165) is 27.7 Å². The summed E-state index contributed by atoms with van der Waals surface area (Å²) in [6.45, 7) is 4.02. The number of aromatic nitrogens is 3. The van der Waals surface area contributed by atoms with E-state index in [2.05, 4.69) is 10.1 Å². The zero-order valence-corrected chi connectivity index (χ0v) is 11.6. The van der Waals surface area contributed by atoms with Crippen molar-refractivity contribution in [2.24, 2.45) is 7.05 Å². The van der Waals surface area contributed by atoms with Gasteiger partial charge in [-0.1, -0.05) is 12.1 Å². The quantitative estimate of drug-likeness (QED) is 0.751. The number of aromatic amines is 1. The molecule has 0 aliphatic carbocycles. The number of carboxylic acids is 1. The fourth-order valence-electron chi connectivity index (χ4n) is 2.67. The van der Waals surface area contributed by atoms with Gasteiger partial charge in [0.25, 0.3) is 0 Å². The fourth-order valence-corrected chi connectivity index (χ4v) is 2.67. The van der Waals surface area contributed by atoms with Crippen LogP contribution in [0.2, 0.25) is 0 Å². The maximum atomic E-state index is 11.2. The van der Waals surface area contributed by atoms with E-state index in [1.54, 1.807) is 13.1 Å². The highest BCUT2D eigenvalue weighted by Crippen LogP contribution is 2.33. The normalized spacial score (nSPS) is 11.2. The summed E-state index contributed by atoms with van der Waals surface area (Å²) < 4.78 is 1.40. The third-order valence-electron chi connectivity index (χ3n) is 3.58. The van der Waals surface area contributed by atoms with Crippen molar-refractivity contribution in [1.29, 1.82) is 0 Å². The zero-order valence-electron chi connectivity index (χ0n) is 11.6. The molecule has 2 aromatic heterocycles. The summed E-state index contributed by atoms with van der Waals surface area (Å²) in [5, 5.41) is 14.6. The van der Waals surface area contributed by atoms with Crippen LogP contribution in [0.25, 0.3) is 22.2 Å². The van der Waals surface area contributed by atoms with Crippen LogP contribution in [0.3, 0.4) is 0 Å². The molecular formula is C15H15N3O2. The number of fused-ring (bicyclic) bond motifs is 1. The van der Waals surface area contributed by atoms with Crippen molar-refractivity contribution in [1.82, 2.24) is 14.8 Å². The number of carboxylic acid groups (broad SMARTS) is 1. The molecule has 0 aliphatic heterocycles. The summed E-state index contributed by atoms with van der Waals surface area (Å²) >= 11 is 0. The Kier molecular flexibility index (Phi) is 2.64. The van der Waals surface area contributed by atoms with Gasteiger partial charge >= 0.3 is 5.97 Å². The lowest BCUT2D eigenvalue weighted by atomic mass is 10.0. The number of H-pyrrole nitrogens is 1. The molecular weight excluding hydrogens is 254 g/mol. The molecule has 2 heterocycles. The predicted octanol–water partition coefficient (Wildman–Crippen LogP) is 2.88. The zero-order chi connectivity index (χ0) is 14.4. The second kappa shape index (κ2) is 4.23. The first-order valence-corrected chi connectivity index (χ1v) is 6.34. The van der Waals surface area contributed by atoms with Crippen LogP contribution >= 0.6 is 0 Å². The van der Waals surface area contributed by atoms with Crippen molar-refractivity contribution in [2.75, 3.05) is 0 Å². The Labute approximate surface area is 115 Å². The highest BCUT2D eigenvalue weighted by molar-refractivity contribution is 5.99. The molecule has 0 amide bonds. The summed E-state index contributed by atoms with van der Waals surface area (Å²) in [5.74, 6) is -0.972. The van der Waals surface area contributed by atoms with E-state index in [-0.39, 0.29) is 5.69 Å². The third-order valence-corrected chi connectivity index (χ3v) is 3.58. The fraction of sp³-hybridized carbons (Fsp3) is 0.200. The third kappa shape index (κ3) is 1.71. The summed E-state index contributed by atoms with van der Waals surface area (Å²) in [5.41, 5.74) is 5.01. The van der Waals surface area contributed by atoms with E-state index < -0.39 is 5.97 Å². The minimum absolute atomic E-state index is 0.183. The van der Waals surface area contributed by atoms with Gasteiger partial charge in [0.05, 0.1) is 5.69 Å². The summed E-state index contributed by atoms with van der Waals surface area (Å²) in [4.78, 5) is 14.5. The van der Waals surface area contributed by atoms with Gasteiger partial charge in [-0.3, -0.25) is 4.68 Å². The number of aromatic carboxylic acids is 1. The minimum Gasteiger partial charge on any atom is -0.477 e. The standard InChI is InChI=1S/C15H15N3O2/c1-8-5-4-6-10-13(8)14(9(2)16-10)11-7-12(15(19)20)18(3)17-11/h4-7,16H,1-3H3,(H,19,20). The average Bonchev–Trinajstić information content (AvgIpc) is 2.90. The first kappa shape index (κ1) is 12.5. The van der Waals surface area contributed by atoms with Gasteiger partial charge in [-0.15, -0.1) is 0 Å². The first-order valence-electron chi connectivity index (χ1n) is 6.34. The Morgan fingerprint density at radius 2 is 2.10 bits per heavy atom. The van der Waals surface area contributed by atoms with Gasteiger partial charge < -0.3 is 10.1 Å². The van der Waals surface area contributed by atoms with E-state index >= 15 is 0 Å². The van der Waals surface area contributed by atoms with Crippen LogP contribution in [0.4, 0.5) is 0 Å². The molecule has 0 radical (unpaired) electrons. The Bertz CT molecular complexity index is 827. The number of nitrogens with zero attached hydrogens (tertiary/aromatic N) is 2. The van der Waals surface area contributed by atoms with Crippen molar-refractivity contribution >= 4 is 16.9 Å². The van der Waals surface area contributed by atoms with Crippen molar-refractivity contribution in [3.8, 4) is 11.3 Å². The number of carbonyl (C=O) groups is 1. The minimum atomic E-state index is -0.972. The second-order valence-electron chi connectivity index (χ2n) is 4.97. The lowest BCUT2D eigenvalue weighted by Crippen LogP contribution is -2.04. The van der Waals surface area contributed by atoms with Crippen LogP contribution in [0.15, 0.2) is 24.3 Å². The largest absolute Gasteiger partial charge is 0.477 e. The van der Waals surface area contributed by atoms with Gasteiger partial charge in [-0.2, -0.15) is 5.10 Å². The molecule has 0 bridgehead atoms. The molecule has 20 heavy (non-hydrogen) atoms. The maximum Gasteiger partial charge on any atom is 0.354 e. The number of benzene rings is 1. The van der Waals surface area contributed by atoms with E-state index in [0.29, 0.717) is 5.69 Å². The number of aryl methyl sites for hydroxylation is 3. The highest BCUT2D eigenvalue weighted by atomic mass is 16.4. The van der Waals surface area contributed by atoms with Gasteiger partial charge in [0.1, 0.15) is 5.69 Å². The highest BCUT2D eigenvalue weighted by Gasteiger charge is 2.18. The van der Waals surface area contributed by atoms with E-state index in [4.69, 9.17) is 5.11 Å². The van der Waals surface area contributed by atoms with Crippen LogP contribution in [-0.4, -0.2) is 25.8 Å². The molecule has 3 rings (SSSR count). The molecule has 0 saturated carbocycles. The van der Waals surface area contributed by atoms with Crippen molar-refractivity contribution < 1.29 is 9.90 Å². The van der Waals surface area contributed by atoms with Gasteiger partial charge in [0.15, 0.2) is 0 Å². The Balaban J connectivity index is 2.32. The summed E-state index contributed by atoms with van der Waals surface area (Å²) in [6.07, 6.45) is 0. The number of rotatable bonds is 2. The molecule has 0 unspecified atom stereocenters. The molecule has 0 atom stereocenters. The van der Waals surface area contributed by atoms with Gasteiger partial charge in [-0.25, -0.2) is 4.79 Å². The summed E-state index contributed by atoms with van der Waals surface area (Å²) in [6, 6.07) is 7.67. The lowest BCUT2D eigenvalue weighted by Gasteiger charge is -2.00. The van der Waals surface area contributed by atoms with Gasteiger partial charge in [-0.05, 0) is 31.5 Å². The van der Waals surface area contributed by atoms with Gasteiger partial charge in [0.2, 0.25) is 0 Å². The molecule has 3 aromatic rings. The molecule has 0 fully saturated rings. The van der Waals surface area contributed by atoms with Crippen LogP contribution < -0.4 is 0 Å². The molecule has 2 N–H and O–H groups in total. The van der Waals surface area contributed by atoms with E-state index in [9.17, 15) is 4.79 Å². The van der Waals surface area contributed by atoms with Crippen molar-refractivity contribution in [3.05, 3.63) is 41.2 Å². The summed E-state index contributed by atoms with van der Waals surface area (Å²) in [7, 11) is 1.64. The monoisotopic (exact) mass is 269 g/mol. The van der Waals surface area contributed by atoms with Crippen molar-refractivity contribution in [2.45, 2.75) is 13.8 Å². The average molecular weight is 269 g/mol. The molecule has 0 saturated heterocycles. The number of hydrogen-bond acceptors (Lipinski definition) is 2. The number of hydrogen-bond donors (Lipinski definition) is 2. The second-order valence-corrected chi connectivity index (χ2v) is 4.97. The predicted molar refractivity (Wildman–Crippen MR) is 76.9 cm³/mol. The molecule has 5 heteroatoms. The molecule has 0 spiro atoms. The molecule has 0 aliphatic rings. The Morgan fingerprint density at radius 3 is 2.75 bits per heavy atom. The smallest absolute Gasteiger partial charge is 0.354 e. The number of nitrogens with one attached hydrogen (secondary N) is 1. The van der Waals surface area contributed by atoms with Crippen LogP contribution in [-0.2, 0) is 7.05 Å². The van der Waals surface area contributed by atoms with Gasteiger partial charge in [0, 0.05) is 29.2 Å². The SMILES string of the molecule is Cc1[nH]c2cccc(C)c2c1-c1cc(C(=O)O)n(C)n1. The van der Waals surface area contributed by atoms with Crippen LogP contribution in [0, 0.1) is 13.8 Å². The van der Waals surface area contributed by atoms with Crippen LogP contribution in [0.1, 0.15) is 21.7 Å². The molecule has 5 nitrogen and oxygen atoms in total. The first-order chi connectivity index (χ1) is 9.49.